The molecule has 0 amide bonds. The molecule has 0 fully saturated rings. The minimum absolute atomic E-state index is 0.111. The van der Waals surface area contributed by atoms with Crippen molar-refractivity contribution in [2.45, 2.75) is 19.9 Å². The Bertz CT molecular complexity index is 536. The lowest BCUT2D eigenvalue weighted by Gasteiger charge is -2.18. The Kier molecular flexibility index (Phi) is 4.68. The fraction of sp³-hybridized carbons (Fsp3) is 0.286. The first-order valence-electron chi connectivity index (χ1n) is 5.86. The maximum absolute atomic E-state index is 6.29. The summed E-state index contributed by atoms with van der Waals surface area (Å²) in [4.78, 5) is 2.56. The standard InChI is InChI=1S/C14H15Cl2NS/c1-3-17-14(13-7-4-9(2)18-13)11-8-10(15)5-6-12(11)16/h4-8,14,17H,3H2,1-2H3. The van der Waals surface area contributed by atoms with Crippen molar-refractivity contribution in [2.75, 3.05) is 6.54 Å². The lowest BCUT2D eigenvalue weighted by atomic mass is 10.1. The molecule has 0 bridgehead atoms. The molecule has 2 rings (SSSR count). The van der Waals surface area contributed by atoms with Gasteiger partial charge in [0.15, 0.2) is 0 Å². The number of thiophene rings is 1. The summed E-state index contributed by atoms with van der Waals surface area (Å²) < 4.78 is 0. The first-order valence-corrected chi connectivity index (χ1v) is 7.43. The van der Waals surface area contributed by atoms with Gasteiger partial charge >= 0.3 is 0 Å². The first kappa shape index (κ1) is 13.9. The molecule has 0 aliphatic rings. The average Bonchev–Trinajstić information content (AvgIpc) is 2.76. The van der Waals surface area contributed by atoms with Crippen LogP contribution in [0.2, 0.25) is 10.0 Å². The minimum atomic E-state index is 0.111. The van der Waals surface area contributed by atoms with Gasteiger partial charge in [0.05, 0.1) is 6.04 Å². The topological polar surface area (TPSA) is 12.0 Å². The van der Waals surface area contributed by atoms with Gasteiger partial charge in [0, 0.05) is 19.8 Å². The highest BCUT2D eigenvalue weighted by atomic mass is 35.5. The van der Waals surface area contributed by atoms with E-state index >= 15 is 0 Å². The third-order valence-electron chi connectivity index (χ3n) is 2.72. The summed E-state index contributed by atoms with van der Waals surface area (Å²) in [5, 5.41) is 4.92. The smallest absolute Gasteiger partial charge is 0.0686 e. The predicted octanol–water partition coefficient (Wildman–Crippen LogP) is 5.06. The zero-order chi connectivity index (χ0) is 13.1. The van der Waals surface area contributed by atoms with Crippen molar-refractivity contribution in [3.8, 4) is 0 Å². The minimum Gasteiger partial charge on any atom is -0.306 e. The van der Waals surface area contributed by atoms with Crippen LogP contribution in [0.3, 0.4) is 0 Å². The maximum Gasteiger partial charge on any atom is 0.0686 e. The van der Waals surface area contributed by atoms with Crippen LogP contribution in [0.5, 0.6) is 0 Å². The van der Waals surface area contributed by atoms with E-state index in [0.717, 1.165) is 17.1 Å². The molecule has 4 heteroatoms. The third kappa shape index (κ3) is 3.07. The second-order valence-electron chi connectivity index (χ2n) is 4.10. The molecule has 1 aromatic carbocycles. The van der Waals surface area contributed by atoms with Gasteiger partial charge < -0.3 is 5.32 Å². The van der Waals surface area contributed by atoms with Gasteiger partial charge in [-0.05, 0) is 49.4 Å². The fourth-order valence-corrected chi connectivity index (χ4v) is 3.29. The van der Waals surface area contributed by atoms with Crippen LogP contribution < -0.4 is 5.32 Å². The van der Waals surface area contributed by atoms with Gasteiger partial charge in [-0.25, -0.2) is 0 Å². The second-order valence-corrected chi connectivity index (χ2v) is 6.27. The number of hydrogen-bond donors (Lipinski definition) is 1. The predicted molar refractivity (Wildman–Crippen MR) is 81.0 cm³/mol. The average molecular weight is 300 g/mol. The molecule has 1 heterocycles. The van der Waals surface area contributed by atoms with Crippen molar-refractivity contribution in [1.29, 1.82) is 0 Å². The summed E-state index contributed by atoms with van der Waals surface area (Å²) in [5.74, 6) is 0. The summed E-state index contributed by atoms with van der Waals surface area (Å²) >= 11 is 14.1. The Balaban J connectivity index is 2.44. The zero-order valence-electron chi connectivity index (χ0n) is 10.3. The van der Waals surface area contributed by atoms with E-state index in [9.17, 15) is 0 Å². The molecule has 0 saturated heterocycles. The largest absolute Gasteiger partial charge is 0.306 e. The molecule has 1 aromatic heterocycles. The van der Waals surface area contributed by atoms with Gasteiger partial charge in [-0.3, -0.25) is 0 Å². The van der Waals surface area contributed by atoms with E-state index in [4.69, 9.17) is 23.2 Å². The van der Waals surface area contributed by atoms with Crippen molar-refractivity contribution in [1.82, 2.24) is 5.32 Å². The van der Waals surface area contributed by atoms with Crippen LogP contribution in [0.4, 0.5) is 0 Å². The lowest BCUT2D eigenvalue weighted by molar-refractivity contribution is 0.640. The van der Waals surface area contributed by atoms with E-state index < -0.39 is 0 Å². The molecule has 1 unspecified atom stereocenters. The van der Waals surface area contributed by atoms with Crippen molar-refractivity contribution in [3.05, 3.63) is 55.7 Å². The summed E-state index contributed by atoms with van der Waals surface area (Å²) in [7, 11) is 0. The number of rotatable bonds is 4. The Morgan fingerprint density at radius 2 is 2.00 bits per heavy atom. The number of aryl methyl sites for hydroxylation is 1. The van der Waals surface area contributed by atoms with Gasteiger partial charge in [-0.2, -0.15) is 0 Å². The van der Waals surface area contributed by atoms with Crippen LogP contribution in [-0.2, 0) is 0 Å². The maximum atomic E-state index is 6.29. The molecule has 1 atom stereocenters. The van der Waals surface area contributed by atoms with Crippen molar-refractivity contribution in [2.24, 2.45) is 0 Å². The number of hydrogen-bond acceptors (Lipinski definition) is 2. The molecule has 0 saturated carbocycles. The van der Waals surface area contributed by atoms with E-state index in [-0.39, 0.29) is 6.04 Å². The van der Waals surface area contributed by atoms with Crippen LogP contribution >= 0.6 is 34.5 Å². The Labute approximate surface area is 122 Å². The molecule has 0 spiro atoms. The molecule has 2 aromatic rings. The van der Waals surface area contributed by atoms with Crippen LogP contribution in [0, 0.1) is 6.92 Å². The molecular formula is C14H15Cl2NS. The zero-order valence-corrected chi connectivity index (χ0v) is 12.7. The Morgan fingerprint density at radius 1 is 1.22 bits per heavy atom. The Morgan fingerprint density at radius 3 is 2.61 bits per heavy atom. The molecular weight excluding hydrogens is 285 g/mol. The van der Waals surface area contributed by atoms with Crippen molar-refractivity contribution < 1.29 is 0 Å². The van der Waals surface area contributed by atoms with Gasteiger partial charge in [-0.1, -0.05) is 30.1 Å². The van der Waals surface area contributed by atoms with Gasteiger partial charge in [0.1, 0.15) is 0 Å². The molecule has 96 valence electrons. The summed E-state index contributed by atoms with van der Waals surface area (Å²) in [6.45, 7) is 5.08. The van der Waals surface area contributed by atoms with Gasteiger partial charge in [0.2, 0.25) is 0 Å². The van der Waals surface area contributed by atoms with E-state index in [1.807, 2.05) is 18.2 Å². The van der Waals surface area contributed by atoms with E-state index in [2.05, 4.69) is 31.3 Å². The monoisotopic (exact) mass is 299 g/mol. The highest BCUT2D eigenvalue weighted by Gasteiger charge is 2.17. The van der Waals surface area contributed by atoms with Gasteiger partial charge in [0.25, 0.3) is 0 Å². The van der Waals surface area contributed by atoms with Crippen molar-refractivity contribution in [3.63, 3.8) is 0 Å². The molecule has 0 aliphatic carbocycles. The Hall–Kier alpha value is -0.540. The SMILES string of the molecule is CCNC(c1ccc(C)s1)c1cc(Cl)ccc1Cl. The highest BCUT2D eigenvalue weighted by molar-refractivity contribution is 7.12. The van der Waals surface area contributed by atoms with Crippen LogP contribution in [0.1, 0.15) is 28.3 Å². The van der Waals surface area contributed by atoms with Crippen LogP contribution in [0.25, 0.3) is 0 Å². The summed E-state index contributed by atoms with van der Waals surface area (Å²) in [6, 6.07) is 9.99. The van der Waals surface area contributed by atoms with Crippen LogP contribution in [-0.4, -0.2) is 6.54 Å². The quantitative estimate of drug-likeness (QED) is 0.832. The first-order chi connectivity index (χ1) is 8.61. The molecule has 0 radical (unpaired) electrons. The fourth-order valence-electron chi connectivity index (χ4n) is 1.91. The molecule has 18 heavy (non-hydrogen) atoms. The highest BCUT2D eigenvalue weighted by Crippen LogP contribution is 2.33. The second kappa shape index (κ2) is 6.07. The summed E-state index contributed by atoms with van der Waals surface area (Å²) in [5.41, 5.74) is 1.04. The van der Waals surface area contributed by atoms with Crippen LogP contribution in [0.15, 0.2) is 30.3 Å². The normalized spacial score (nSPS) is 12.7. The number of nitrogens with one attached hydrogen (secondary N) is 1. The number of benzene rings is 1. The molecule has 0 aliphatic heterocycles. The van der Waals surface area contributed by atoms with Crippen molar-refractivity contribution >= 4 is 34.5 Å². The van der Waals surface area contributed by atoms with E-state index in [1.165, 1.54) is 9.75 Å². The lowest BCUT2D eigenvalue weighted by Crippen LogP contribution is -2.21. The van der Waals surface area contributed by atoms with Gasteiger partial charge in [-0.15, -0.1) is 11.3 Å². The third-order valence-corrected chi connectivity index (χ3v) is 4.37. The van der Waals surface area contributed by atoms with E-state index in [1.54, 1.807) is 11.3 Å². The number of halogens is 2. The molecule has 1 N–H and O–H groups in total. The molecule has 1 nitrogen and oxygen atoms in total. The summed E-state index contributed by atoms with van der Waals surface area (Å²) in [6.07, 6.45) is 0. The van der Waals surface area contributed by atoms with E-state index in [0.29, 0.717) is 5.02 Å².